The van der Waals surface area contributed by atoms with Crippen molar-refractivity contribution in [3.05, 3.63) is 158 Å². The summed E-state index contributed by atoms with van der Waals surface area (Å²) in [5.74, 6) is 0.916. The van der Waals surface area contributed by atoms with E-state index >= 15 is 0 Å². The van der Waals surface area contributed by atoms with Gasteiger partial charge in [-0.2, -0.15) is 0 Å². The third kappa shape index (κ3) is 3.43. The lowest BCUT2D eigenvalue weighted by molar-refractivity contribution is 1.10. The fraction of sp³-hybridized carbons (Fsp3) is 0. The van der Waals surface area contributed by atoms with Crippen LogP contribution >= 0.6 is 0 Å². The first-order chi connectivity index (χ1) is 23.8. The van der Waals surface area contributed by atoms with E-state index in [9.17, 15) is 0 Å². The van der Waals surface area contributed by atoms with Crippen LogP contribution in [-0.2, 0) is 0 Å². The molecule has 222 valence electrons. The van der Waals surface area contributed by atoms with E-state index in [1.807, 2.05) is 12.3 Å². The van der Waals surface area contributed by atoms with E-state index in [0.29, 0.717) is 0 Å². The second-order valence-corrected chi connectivity index (χ2v) is 12.6. The average Bonchev–Trinajstić information content (AvgIpc) is 3.78. The minimum Gasteiger partial charge on any atom is -0.309 e. The number of rotatable bonds is 3. The third-order valence-corrected chi connectivity index (χ3v) is 10.1. The SMILES string of the molecule is c1ccc(-n2c3ccccc3c3ccc(-c4ccc5c(c4)c4ccccc4n5-c4cc5c6c(cccc6n4)-c4ncccc4-5)cc32)cc1. The quantitative estimate of drug-likeness (QED) is 0.199. The number of pyridine rings is 2. The number of hydrogen-bond donors (Lipinski definition) is 0. The monoisotopic (exact) mass is 610 g/mol. The first kappa shape index (κ1) is 25.6. The molecule has 0 saturated carbocycles. The molecule has 1 aliphatic rings. The van der Waals surface area contributed by atoms with Crippen LogP contribution in [0.3, 0.4) is 0 Å². The van der Waals surface area contributed by atoms with Gasteiger partial charge in [-0.25, -0.2) is 4.98 Å². The maximum Gasteiger partial charge on any atom is 0.138 e. The predicted octanol–water partition coefficient (Wildman–Crippen LogP) is 11.1. The fourth-order valence-corrected chi connectivity index (χ4v) is 8.04. The Balaban J connectivity index is 1.14. The van der Waals surface area contributed by atoms with E-state index < -0.39 is 0 Å². The van der Waals surface area contributed by atoms with Crippen molar-refractivity contribution in [2.75, 3.05) is 0 Å². The van der Waals surface area contributed by atoms with Gasteiger partial charge in [-0.1, -0.05) is 91.0 Å². The highest BCUT2D eigenvalue weighted by molar-refractivity contribution is 6.15. The van der Waals surface area contributed by atoms with Crippen LogP contribution in [0, 0.1) is 0 Å². The highest BCUT2D eigenvalue weighted by Gasteiger charge is 2.25. The predicted molar refractivity (Wildman–Crippen MR) is 198 cm³/mol. The van der Waals surface area contributed by atoms with Gasteiger partial charge in [0.15, 0.2) is 0 Å². The van der Waals surface area contributed by atoms with Crippen LogP contribution in [0.15, 0.2) is 158 Å². The Hall–Kier alpha value is -6.52. The van der Waals surface area contributed by atoms with E-state index in [-0.39, 0.29) is 0 Å². The van der Waals surface area contributed by atoms with Gasteiger partial charge >= 0.3 is 0 Å². The molecule has 0 saturated heterocycles. The fourth-order valence-electron chi connectivity index (χ4n) is 8.04. The molecule has 4 aromatic heterocycles. The molecule has 0 amide bonds. The average molecular weight is 611 g/mol. The maximum absolute atomic E-state index is 5.27. The van der Waals surface area contributed by atoms with Gasteiger partial charge in [0.1, 0.15) is 5.82 Å². The van der Waals surface area contributed by atoms with Crippen molar-refractivity contribution in [1.29, 1.82) is 0 Å². The summed E-state index contributed by atoms with van der Waals surface area (Å²) in [6.07, 6.45) is 1.88. The van der Waals surface area contributed by atoms with Gasteiger partial charge in [-0.15, -0.1) is 0 Å². The molecule has 6 aromatic carbocycles. The molecule has 0 bridgehead atoms. The van der Waals surface area contributed by atoms with Crippen molar-refractivity contribution in [1.82, 2.24) is 19.1 Å². The van der Waals surface area contributed by atoms with E-state index in [4.69, 9.17) is 9.97 Å². The molecule has 0 radical (unpaired) electrons. The van der Waals surface area contributed by atoms with Crippen molar-refractivity contribution in [2.24, 2.45) is 0 Å². The van der Waals surface area contributed by atoms with Crippen LogP contribution in [-0.4, -0.2) is 19.1 Å². The van der Waals surface area contributed by atoms with Gasteiger partial charge in [0.05, 0.1) is 33.3 Å². The second kappa shape index (κ2) is 9.50. The van der Waals surface area contributed by atoms with Crippen molar-refractivity contribution in [2.45, 2.75) is 0 Å². The van der Waals surface area contributed by atoms with E-state index in [1.54, 1.807) is 0 Å². The molecule has 0 N–H and O–H groups in total. The Morgan fingerprint density at radius 3 is 1.98 bits per heavy atom. The Morgan fingerprint density at radius 1 is 0.417 bits per heavy atom. The summed E-state index contributed by atoms with van der Waals surface area (Å²) >= 11 is 0. The molecule has 0 spiro atoms. The molecule has 10 aromatic rings. The molecule has 4 nitrogen and oxygen atoms in total. The summed E-state index contributed by atoms with van der Waals surface area (Å²) in [7, 11) is 0. The van der Waals surface area contributed by atoms with Crippen molar-refractivity contribution < 1.29 is 0 Å². The highest BCUT2D eigenvalue weighted by atomic mass is 15.1. The van der Waals surface area contributed by atoms with Gasteiger partial charge < -0.3 is 4.57 Å². The molecule has 48 heavy (non-hydrogen) atoms. The standard InChI is InChI=1S/C44H26N4/c1-2-10-29(11-3-1)47-38-17-6-4-12-30(38)32-21-19-28(25-41(32)47)27-20-22-40-35(24-27)31-13-5-7-18-39(31)48(40)42-26-36-33-15-9-23-45-44(33)34-14-8-16-37(46-42)43(34)36/h1-26H. The molecule has 1 aliphatic carbocycles. The minimum atomic E-state index is 0.916. The molecule has 0 atom stereocenters. The zero-order valence-corrected chi connectivity index (χ0v) is 25.8. The summed E-state index contributed by atoms with van der Waals surface area (Å²) in [6, 6.07) is 54.6. The lowest BCUT2D eigenvalue weighted by Crippen LogP contribution is -1.98. The first-order valence-corrected chi connectivity index (χ1v) is 16.3. The number of fused-ring (bicyclic) bond motifs is 9. The van der Waals surface area contributed by atoms with Gasteiger partial charge in [-0.05, 0) is 77.4 Å². The summed E-state index contributed by atoms with van der Waals surface area (Å²) < 4.78 is 4.70. The van der Waals surface area contributed by atoms with E-state index in [2.05, 4.69) is 155 Å². The number of para-hydroxylation sites is 3. The van der Waals surface area contributed by atoms with Crippen LogP contribution in [0.4, 0.5) is 0 Å². The Labute approximate surface area is 275 Å². The molecular weight excluding hydrogens is 585 g/mol. The van der Waals surface area contributed by atoms with Gasteiger partial charge in [0.25, 0.3) is 0 Å². The van der Waals surface area contributed by atoms with Crippen LogP contribution in [0.1, 0.15) is 0 Å². The van der Waals surface area contributed by atoms with Gasteiger partial charge in [0.2, 0.25) is 0 Å². The Bertz CT molecular complexity index is 2950. The maximum atomic E-state index is 5.27. The zero-order valence-electron chi connectivity index (χ0n) is 25.8. The molecular formula is C44H26N4. The molecule has 11 rings (SSSR count). The molecule has 4 heterocycles. The van der Waals surface area contributed by atoms with Crippen molar-refractivity contribution in [3.63, 3.8) is 0 Å². The number of aromatic nitrogens is 4. The lowest BCUT2D eigenvalue weighted by atomic mass is 10.0. The van der Waals surface area contributed by atoms with Gasteiger partial charge in [-0.3, -0.25) is 9.55 Å². The van der Waals surface area contributed by atoms with E-state index in [0.717, 1.165) is 39.3 Å². The molecule has 0 aliphatic heterocycles. The molecule has 0 unspecified atom stereocenters. The number of benzene rings is 6. The number of hydrogen-bond acceptors (Lipinski definition) is 2. The Kier molecular flexibility index (Phi) is 5.08. The summed E-state index contributed by atoms with van der Waals surface area (Å²) in [5.41, 5.74) is 13.8. The van der Waals surface area contributed by atoms with Crippen LogP contribution in [0.25, 0.3) is 99.5 Å². The summed E-state index contributed by atoms with van der Waals surface area (Å²) in [5, 5.41) is 6.12. The van der Waals surface area contributed by atoms with Gasteiger partial charge in [0, 0.05) is 49.9 Å². The van der Waals surface area contributed by atoms with Crippen LogP contribution in [0.2, 0.25) is 0 Å². The Morgan fingerprint density at radius 2 is 1.10 bits per heavy atom. The largest absolute Gasteiger partial charge is 0.309 e. The van der Waals surface area contributed by atoms with Crippen molar-refractivity contribution >= 4 is 54.5 Å². The normalized spacial score (nSPS) is 12.2. The number of nitrogens with zero attached hydrogens (tertiary/aromatic N) is 4. The first-order valence-electron chi connectivity index (χ1n) is 16.3. The third-order valence-electron chi connectivity index (χ3n) is 10.1. The second-order valence-electron chi connectivity index (χ2n) is 12.6. The molecule has 0 fully saturated rings. The van der Waals surface area contributed by atoms with Crippen LogP contribution < -0.4 is 0 Å². The summed E-state index contributed by atoms with van der Waals surface area (Å²) in [6.45, 7) is 0. The molecule has 4 heteroatoms. The topological polar surface area (TPSA) is 35.6 Å². The smallest absolute Gasteiger partial charge is 0.138 e. The van der Waals surface area contributed by atoms with E-state index in [1.165, 1.54) is 60.2 Å². The highest BCUT2D eigenvalue weighted by Crippen LogP contribution is 2.47. The minimum absolute atomic E-state index is 0.916. The zero-order chi connectivity index (χ0) is 31.3. The van der Waals surface area contributed by atoms with Crippen molar-refractivity contribution in [3.8, 4) is 45.0 Å². The van der Waals surface area contributed by atoms with Crippen LogP contribution in [0.5, 0.6) is 0 Å². The summed E-state index contributed by atoms with van der Waals surface area (Å²) in [4.78, 5) is 10.0. The lowest BCUT2D eigenvalue weighted by Gasteiger charge is -2.11.